The molecular formula is C14H30S9. The predicted molar refractivity (Wildman–Crippen MR) is 139 cm³/mol. The van der Waals surface area contributed by atoms with Crippen molar-refractivity contribution in [1.29, 1.82) is 0 Å². The van der Waals surface area contributed by atoms with Crippen molar-refractivity contribution in [3.05, 3.63) is 0 Å². The van der Waals surface area contributed by atoms with E-state index in [-0.39, 0.29) is 0 Å². The van der Waals surface area contributed by atoms with Crippen molar-refractivity contribution >= 4 is 107 Å². The molecule has 0 aromatic rings. The third kappa shape index (κ3) is 23.1. The fourth-order valence-corrected chi connectivity index (χ4v) is 9.19. The highest BCUT2D eigenvalue weighted by atomic mass is 33.1. The molecule has 1 atom stereocenters. The van der Waals surface area contributed by atoms with Gasteiger partial charge in [-0.05, 0) is 23.7 Å². The maximum Gasteiger partial charge on any atom is 0.0206 e. The van der Waals surface area contributed by atoms with Crippen LogP contribution in [0.3, 0.4) is 0 Å². The van der Waals surface area contributed by atoms with Crippen LogP contribution in [0.4, 0.5) is 0 Å². The summed E-state index contributed by atoms with van der Waals surface area (Å²) in [5, 5.41) is 0.533. The van der Waals surface area contributed by atoms with E-state index >= 15 is 0 Å². The smallest absolute Gasteiger partial charge is 0.0206 e. The standard InChI is InChI=1S/C14H30S9/c15-2-6-19-9-8-18-4-1-5-22-23-13-14(17)12-21-11-10-20-7-3-16/h14-17H,1-13H2. The summed E-state index contributed by atoms with van der Waals surface area (Å²) in [5.41, 5.74) is 0. The van der Waals surface area contributed by atoms with Gasteiger partial charge in [0.2, 0.25) is 0 Å². The fraction of sp³-hybridized carbons (Fsp3) is 1.00. The number of thiol groups is 3. The molecule has 23 heavy (non-hydrogen) atoms. The summed E-state index contributed by atoms with van der Waals surface area (Å²) in [6.45, 7) is 0. The van der Waals surface area contributed by atoms with Gasteiger partial charge in [-0.1, -0.05) is 21.6 Å². The first kappa shape index (κ1) is 26.1. The minimum atomic E-state index is 0.533. The Morgan fingerprint density at radius 3 is 1.74 bits per heavy atom. The summed E-state index contributed by atoms with van der Waals surface area (Å²) in [4.78, 5) is 0. The predicted octanol–water partition coefficient (Wildman–Crippen LogP) is 5.85. The van der Waals surface area contributed by atoms with E-state index in [4.69, 9.17) is 0 Å². The molecule has 0 bridgehead atoms. The maximum atomic E-state index is 4.69. The summed E-state index contributed by atoms with van der Waals surface area (Å²) in [6, 6.07) is 0. The van der Waals surface area contributed by atoms with Crippen molar-refractivity contribution in [2.24, 2.45) is 0 Å². The number of rotatable bonds is 19. The van der Waals surface area contributed by atoms with E-state index in [1.165, 1.54) is 58.2 Å². The topological polar surface area (TPSA) is 0 Å². The van der Waals surface area contributed by atoms with Gasteiger partial charge in [-0.2, -0.15) is 84.9 Å². The third-order valence-corrected chi connectivity index (χ3v) is 11.6. The van der Waals surface area contributed by atoms with Crippen LogP contribution in [0.25, 0.3) is 0 Å². The highest BCUT2D eigenvalue weighted by molar-refractivity contribution is 8.76. The largest absolute Gasteiger partial charge is 0.179 e. The molecule has 0 heterocycles. The van der Waals surface area contributed by atoms with Gasteiger partial charge in [0.15, 0.2) is 0 Å². The fourth-order valence-electron chi connectivity index (χ4n) is 1.34. The molecule has 0 rings (SSSR count). The van der Waals surface area contributed by atoms with Crippen LogP contribution in [-0.2, 0) is 0 Å². The van der Waals surface area contributed by atoms with Crippen LogP contribution < -0.4 is 0 Å². The summed E-state index contributed by atoms with van der Waals surface area (Å²) < 4.78 is 0. The van der Waals surface area contributed by atoms with E-state index in [1.54, 1.807) is 0 Å². The van der Waals surface area contributed by atoms with Crippen molar-refractivity contribution in [3.8, 4) is 0 Å². The zero-order valence-electron chi connectivity index (χ0n) is 13.6. The second-order valence-electron chi connectivity index (χ2n) is 4.47. The molecule has 0 nitrogen and oxygen atoms in total. The Morgan fingerprint density at radius 2 is 1.13 bits per heavy atom. The molecule has 9 heteroatoms. The van der Waals surface area contributed by atoms with Gasteiger partial charge in [-0.15, -0.1) is 0 Å². The molecule has 0 saturated carbocycles. The second kappa shape index (κ2) is 23.2. The highest BCUT2D eigenvalue weighted by Crippen LogP contribution is 2.26. The molecule has 140 valence electrons. The van der Waals surface area contributed by atoms with E-state index in [0.717, 1.165) is 17.3 Å². The molecule has 0 N–H and O–H groups in total. The molecule has 0 aromatic heterocycles. The van der Waals surface area contributed by atoms with Crippen molar-refractivity contribution in [3.63, 3.8) is 0 Å². The molecule has 0 aliphatic rings. The van der Waals surface area contributed by atoms with Gasteiger partial charge >= 0.3 is 0 Å². The monoisotopic (exact) mass is 486 g/mol. The van der Waals surface area contributed by atoms with E-state index in [1.807, 2.05) is 56.9 Å². The lowest BCUT2D eigenvalue weighted by Crippen LogP contribution is -2.06. The Hall–Kier alpha value is 3.15. The summed E-state index contributed by atoms with van der Waals surface area (Å²) >= 11 is 21.3. The average Bonchev–Trinajstić information content (AvgIpc) is 2.56. The van der Waals surface area contributed by atoms with E-state index in [9.17, 15) is 0 Å². The van der Waals surface area contributed by atoms with Gasteiger partial charge in [-0.25, -0.2) is 0 Å². The lowest BCUT2D eigenvalue weighted by atomic mass is 10.6. The zero-order chi connectivity index (χ0) is 17.0. The molecule has 0 aliphatic carbocycles. The van der Waals surface area contributed by atoms with Crippen molar-refractivity contribution in [2.45, 2.75) is 11.7 Å². The first-order chi connectivity index (χ1) is 11.3. The minimum Gasteiger partial charge on any atom is -0.179 e. The molecule has 0 saturated heterocycles. The Morgan fingerprint density at radius 1 is 0.565 bits per heavy atom. The van der Waals surface area contributed by atoms with Crippen LogP contribution in [0.1, 0.15) is 6.42 Å². The molecule has 0 radical (unpaired) electrons. The molecule has 0 fully saturated rings. The minimum absolute atomic E-state index is 0.533. The van der Waals surface area contributed by atoms with Gasteiger partial charge in [-0.3, -0.25) is 0 Å². The Labute approximate surface area is 185 Å². The van der Waals surface area contributed by atoms with Crippen LogP contribution >= 0.6 is 107 Å². The summed E-state index contributed by atoms with van der Waals surface area (Å²) in [5.74, 6) is 14.3. The first-order valence-electron chi connectivity index (χ1n) is 7.76. The lowest BCUT2D eigenvalue weighted by Gasteiger charge is -2.09. The van der Waals surface area contributed by atoms with Crippen molar-refractivity contribution < 1.29 is 0 Å². The first-order valence-corrected chi connectivity index (χ1v) is 16.6. The third-order valence-electron chi connectivity index (χ3n) is 2.39. The van der Waals surface area contributed by atoms with E-state index in [2.05, 4.69) is 49.6 Å². The van der Waals surface area contributed by atoms with Crippen LogP contribution in [0.5, 0.6) is 0 Å². The number of hydrogen-bond acceptors (Lipinski definition) is 9. The highest BCUT2D eigenvalue weighted by Gasteiger charge is 2.04. The van der Waals surface area contributed by atoms with Crippen LogP contribution in [-0.4, -0.2) is 74.3 Å². The molecule has 0 aliphatic heterocycles. The van der Waals surface area contributed by atoms with Crippen molar-refractivity contribution in [2.75, 3.05) is 69.0 Å². The van der Waals surface area contributed by atoms with Crippen LogP contribution in [0.2, 0.25) is 0 Å². The Bertz CT molecular complexity index is 218. The molecule has 0 spiro atoms. The molecular weight excluding hydrogens is 457 g/mol. The molecule has 0 aromatic carbocycles. The molecule has 1 unspecified atom stereocenters. The van der Waals surface area contributed by atoms with Crippen LogP contribution in [0, 0.1) is 0 Å². The average molecular weight is 487 g/mol. The lowest BCUT2D eigenvalue weighted by molar-refractivity contribution is 1.13. The SMILES string of the molecule is SCCSCCSCCCSSCC(S)CSCCSCCS. The second-order valence-corrected chi connectivity index (χ2v) is 13.5. The summed E-state index contributed by atoms with van der Waals surface area (Å²) in [7, 11) is 4.02. The van der Waals surface area contributed by atoms with Gasteiger partial charge in [0.1, 0.15) is 0 Å². The van der Waals surface area contributed by atoms with Gasteiger partial charge in [0.05, 0.1) is 0 Å². The Balaban J connectivity index is 3.10. The van der Waals surface area contributed by atoms with Crippen LogP contribution in [0.15, 0.2) is 0 Å². The van der Waals surface area contributed by atoms with E-state index < -0.39 is 0 Å². The Kier molecular flexibility index (Phi) is 26.4. The van der Waals surface area contributed by atoms with Gasteiger partial charge in [0.25, 0.3) is 0 Å². The summed E-state index contributed by atoms with van der Waals surface area (Å²) in [6.07, 6.45) is 1.33. The van der Waals surface area contributed by atoms with Crippen molar-refractivity contribution in [1.82, 2.24) is 0 Å². The van der Waals surface area contributed by atoms with Gasteiger partial charge in [0, 0.05) is 57.0 Å². The number of thioether (sulfide) groups is 4. The maximum absolute atomic E-state index is 4.69. The van der Waals surface area contributed by atoms with Gasteiger partial charge < -0.3 is 0 Å². The number of hydrogen-bond donors (Lipinski definition) is 3. The quantitative estimate of drug-likeness (QED) is 0.118. The molecule has 0 amide bonds. The normalized spacial score (nSPS) is 12.7. The zero-order valence-corrected chi connectivity index (χ0v) is 21.1. The van der Waals surface area contributed by atoms with E-state index in [0.29, 0.717) is 5.25 Å².